The molecule has 0 saturated heterocycles. The summed E-state index contributed by atoms with van der Waals surface area (Å²) in [6.45, 7) is 2.33. The molecule has 0 aromatic heterocycles. The number of anilines is 1. The minimum absolute atomic E-state index is 0.0526. The fraction of sp³-hybridized carbons (Fsp3) is 0.250. The lowest BCUT2D eigenvalue weighted by Gasteiger charge is -2.34. The number of sulfonamides is 1. The van der Waals surface area contributed by atoms with Crippen LogP contribution in [0.15, 0.2) is 58.3 Å². The van der Waals surface area contributed by atoms with Gasteiger partial charge in [0.15, 0.2) is 0 Å². The van der Waals surface area contributed by atoms with Crippen molar-refractivity contribution in [3.05, 3.63) is 54.1 Å². The summed E-state index contributed by atoms with van der Waals surface area (Å²) in [6.07, 6.45) is 0. The van der Waals surface area contributed by atoms with Gasteiger partial charge < -0.3 is 0 Å². The van der Waals surface area contributed by atoms with Crippen LogP contribution in [-0.2, 0) is 10.0 Å². The smallest absolute Gasteiger partial charge is 0.264 e. The Kier molecular flexibility index (Phi) is 4.39. The third-order valence-electron chi connectivity index (χ3n) is 3.58. The molecule has 0 N–H and O–H groups in total. The second-order valence-electron chi connectivity index (χ2n) is 5.21. The first-order valence-corrected chi connectivity index (χ1v) is 9.79. The van der Waals surface area contributed by atoms with Gasteiger partial charge in [0.25, 0.3) is 10.0 Å². The summed E-state index contributed by atoms with van der Waals surface area (Å²) in [7, 11) is -3.57. The number of rotatable bonds is 3. The molecule has 0 saturated carbocycles. The molecule has 0 radical (unpaired) electrons. The molecule has 1 aliphatic rings. The predicted molar refractivity (Wildman–Crippen MR) is 92.5 cm³/mol. The standard InChI is InChI=1S/C16H16ClNO2S2/c1-12-6-8-14(9-7-12)22(19,20)18-11-13(10-17)21-16-5-3-2-4-15(16)18/h2-9,13H,10-11H2,1H3. The van der Waals surface area contributed by atoms with E-state index in [1.807, 2.05) is 43.3 Å². The van der Waals surface area contributed by atoms with Gasteiger partial charge in [0.2, 0.25) is 0 Å². The van der Waals surface area contributed by atoms with Crippen LogP contribution in [0.25, 0.3) is 0 Å². The summed E-state index contributed by atoms with van der Waals surface area (Å²) in [5.41, 5.74) is 1.77. The van der Waals surface area contributed by atoms with E-state index in [1.54, 1.807) is 23.9 Å². The first-order valence-electron chi connectivity index (χ1n) is 6.93. The molecule has 0 aliphatic carbocycles. The van der Waals surface area contributed by atoms with Gasteiger partial charge in [-0.15, -0.1) is 23.4 Å². The number of alkyl halides is 1. The summed E-state index contributed by atoms with van der Waals surface area (Å²) in [5.74, 6) is 0.416. The molecular weight excluding hydrogens is 338 g/mol. The molecule has 22 heavy (non-hydrogen) atoms. The second-order valence-corrected chi connectivity index (χ2v) is 8.72. The zero-order valence-electron chi connectivity index (χ0n) is 12.1. The molecule has 6 heteroatoms. The fourth-order valence-electron chi connectivity index (χ4n) is 2.41. The Morgan fingerprint density at radius 3 is 2.55 bits per heavy atom. The number of aryl methyl sites for hydroxylation is 1. The van der Waals surface area contributed by atoms with E-state index >= 15 is 0 Å². The van der Waals surface area contributed by atoms with Crippen molar-refractivity contribution >= 4 is 39.1 Å². The Morgan fingerprint density at radius 1 is 1.18 bits per heavy atom. The van der Waals surface area contributed by atoms with E-state index in [1.165, 1.54) is 4.31 Å². The number of benzene rings is 2. The molecule has 1 aliphatic heterocycles. The lowest BCUT2D eigenvalue weighted by Crippen LogP contribution is -2.40. The van der Waals surface area contributed by atoms with Gasteiger partial charge in [-0.05, 0) is 31.2 Å². The van der Waals surface area contributed by atoms with Crippen LogP contribution in [0.5, 0.6) is 0 Å². The number of thioether (sulfide) groups is 1. The Bertz CT molecular complexity index is 775. The van der Waals surface area contributed by atoms with Gasteiger partial charge >= 0.3 is 0 Å². The highest BCUT2D eigenvalue weighted by Crippen LogP contribution is 2.41. The van der Waals surface area contributed by atoms with E-state index < -0.39 is 10.0 Å². The monoisotopic (exact) mass is 353 g/mol. The fourth-order valence-corrected chi connectivity index (χ4v) is 5.48. The van der Waals surface area contributed by atoms with Crippen molar-refractivity contribution in [2.45, 2.75) is 22.0 Å². The van der Waals surface area contributed by atoms with Crippen molar-refractivity contribution in [3.63, 3.8) is 0 Å². The number of para-hydroxylation sites is 1. The minimum atomic E-state index is -3.57. The van der Waals surface area contributed by atoms with Gasteiger partial charge in [0, 0.05) is 22.6 Å². The van der Waals surface area contributed by atoms with Crippen LogP contribution < -0.4 is 4.31 Å². The van der Waals surface area contributed by atoms with Crippen LogP contribution in [-0.4, -0.2) is 26.1 Å². The largest absolute Gasteiger partial charge is 0.264 e. The second kappa shape index (κ2) is 6.14. The maximum atomic E-state index is 13.0. The van der Waals surface area contributed by atoms with Crippen LogP contribution in [0, 0.1) is 6.92 Å². The van der Waals surface area contributed by atoms with Crippen LogP contribution in [0.3, 0.4) is 0 Å². The van der Waals surface area contributed by atoms with Crippen LogP contribution in [0.2, 0.25) is 0 Å². The summed E-state index contributed by atoms with van der Waals surface area (Å²) in [5, 5.41) is 0.0526. The average Bonchev–Trinajstić information content (AvgIpc) is 2.54. The van der Waals surface area contributed by atoms with Gasteiger partial charge in [-0.25, -0.2) is 8.42 Å². The quantitative estimate of drug-likeness (QED) is 0.785. The summed E-state index contributed by atoms with van der Waals surface area (Å²) in [6, 6.07) is 14.5. The van der Waals surface area contributed by atoms with Gasteiger partial charge in [0.1, 0.15) is 0 Å². The highest BCUT2D eigenvalue weighted by molar-refractivity contribution is 8.00. The molecule has 1 heterocycles. The van der Waals surface area contributed by atoms with E-state index in [9.17, 15) is 8.42 Å². The molecule has 2 aromatic carbocycles. The molecule has 116 valence electrons. The summed E-state index contributed by atoms with van der Waals surface area (Å²) >= 11 is 7.62. The SMILES string of the molecule is Cc1ccc(S(=O)(=O)N2CC(CCl)Sc3ccccc32)cc1. The van der Waals surface area contributed by atoms with Crippen molar-refractivity contribution in [1.29, 1.82) is 0 Å². The van der Waals surface area contributed by atoms with Crippen molar-refractivity contribution in [3.8, 4) is 0 Å². The lowest BCUT2D eigenvalue weighted by atomic mass is 10.2. The molecule has 1 atom stereocenters. The van der Waals surface area contributed by atoms with Gasteiger partial charge in [0.05, 0.1) is 10.6 Å². The van der Waals surface area contributed by atoms with E-state index in [0.717, 1.165) is 16.1 Å². The van der Waals surface area contributed by atoms with Crippen LogP contribution in [0.4, 0.5) is 5.69 Å². The van der Waals surface area contributed by atoms with Gasteiger partial charge in [-0.1, -0.05) is 29.8 Å². The number of hydrogen-bond donors (Lipinski definition) is 0. The molecule has 3 rings (SSSR count). The molecule has 2 aromatic rings. The van der Waals surface area contributed by atoms with Crippen molar-refractivity contribution in [1.82, 2.24) is 0 Å². The van der Waals surface area contributed by atoms with E-state index in [-0.39, 0.29) is 5.25 Å². The first-order chi connectivity index (χ1) is 10.5. The average molecular weight is 354 g/mol. The number of nitrogens with zero attached hydrogens (tertiary/aromatic N) is 1. The molecule has 0 amide bonds. The highest BCUT2D eigenvalue weighted by Gasteiger charge is 2.33. The topological polar surface area (TPSA) is 37.4 Å². The zero-order chi connectivity index (χ0) is 15.7. The Hall–Kier alpha value is -1.17. The Labute approximate surface area is 140 Å². The van der Waals surface area contributed by atoms with E-state index in [0.29, 0.717) is 17.3 Å². The zero-order valence-corrected chi connectivity index (χ0v) is 14.5. The molecule has 0 spiro atoms. The van der Waals surface area contributed by atoms with Crippen molar-refractivity contribution < 1.29 is 8.42 Å². The predicted octanol–water partition coefficient (Wildman–Crippen LogP) is 3.90. The summed E-state index contributed by atoms with van der Waals surface area (Å²) in [4.78, 5) is 1.27. The number of halogens is 1. The molecular formula is C16H16ClNO2S2. The lowest BCUT2D eigenvalue weighted by molar-refractivity contribution is 0.589. The van der Waals surface area contributed by atoms with Gasteiger partial charge in [-0.3, -0.25) is 4.31 Å². The maximum absolute atomic E-state index is 13.0. The Balaban J connectivity index is 2.08. The highest BCUT2D eigenvalue weighted by atomic mass is 35.5. The molecule has 1 unspecified atom stereocenters. The number of fused-ring (bicyclic) bond motifs is 1. The normalized spacial score (nSPS) is 18.1. The first kappa shape index (κ1) is 15.7. The molecule has 0 bridgehead atoms. The van der Waals surface area contributed by atoms with Crippen LogP contribution >= 0.6 is 23.4 Å². The third kappa shape index (κ3) is 2.85. The van der Waals surface area contributed by atoms with Crippen molar-refractivity contribution in [2.24, 2.45) is 0 Å². The minimum Gasteiger partial charge on any atom is -0.264 e. The molecule has 0 fully saturated rings. The third-order valence-corrected chi connectivity index (χ3v) is 7.18. The number of hydrogen-bond acceptors (Lipinski definition) is 3. The van der Waals surface area contributed by atoms with Crippen LogP contribution in [0.1, 0.15) is 5.56 Å². The van der Waals surface area contributed by atoms with Gasteiger partial charge in [-0.2, -0.15) is 0 Å². The van der Waals surface area contributed by atoms with E-state index in [2.05, 4.69) is 0 Å². The molecule has 3 nitrogen and oxygen atoms in total. The maximum Gasteiger partial charge on any atom is 0.264 e. The Morgan fingerprint density at radius 2 is 1.86 bits per heavy atom. The van der Waals surface area contributed by atoms with Crippen molar-refractivity contribution in [2.75, 3.05) is 16.7 Å². The van der Waals surface area contributed by atoms with E-state index in [4.69, 9.17) is 11.6 Å². The summed E-state index contributed by atoms with van der Waals surface area (Å²) < 4.78 is 27.5.